The van der Waals surface area contributed by atoms with Crippen molar-refractivity contribution in [2.75, 3.05) is 5.32 Å². The molecule has 0 saturated heterocycles. The van der Waals surface area contributed by atoms with E-state index in [0.29, 0.717) is 21.6 Å². The minimum Gasteiger partial charge on any atom is -0.298 e. The van der Waals surface area contributed by atoms with E-state index >= 15 is 0 Å². The third-order valence-corrected chi connectivity index (χ3v) is 5.11. The molecule has 0 aliphatic carbocycles. The molecule has 0 bridgehead atoms. The topological polar surface area (TPSA) is 42.0 Å². The standard InChI is InChI=1S/C18H17ClN2OS.C2H6/c1-3-11(2)14-5-4-6-15-16(14)20-18(23-15)21-17(22)12-7-9-13(19)10-8-12;1-2/h4-11H,3H2,1-2H3,(H,20,21,22);1-2H3. The Kier molecular flexibility index (Phi) is 6.97. The number of carbonyl (C=O) groups excluding carboxylic acids is 1. The second kappa shape index (κ2) is 8.97. The molecule has 1 aromatic heterocycles. The minimum absolute atomic E-state index is 0.175. The molecular weight excluding hydrogens is 352 g/mol. The highest BCUT2D eigenvalue weighted by Crippen LogP contribution is 2.32. The third kappa shape index (κ3) is 4.59. The van der Waals surface area contributed by atoms with Crippen LogP contribution in [0.2, 0.25) is 5.02 Å². The first-order valence-electron chi connectivity index (χ1n) is 8.55. The predicted octanol–water partition coefficient (Wildman–Crippen LogP) is 6.74. The predicted molar refractivity (Wildman–Crippen MR) is 109 cm³/mol. The van der Waals surface area contributed by atoms with Crippen molar-refractivity contribution in [3.8, 4) is 0 Å². The van der Waals surface area contributed by atoms with E-state index in [2.05, 4.69) is 30.2 Å². The molecule has 0 saturated carbocycles. The van der Waals surface area contributed by atoms with E-state index in [1.165, 1.54) is 16.9 Å². The van der Waals surface area contributed by atoms with Gasteiger partial charge in [-0.2, -0.15) is 0 Å². The van der Waals surface area contributed by atoms with Crippen LogP contribution in [-0.2, 0) is 0 Å². The average molecular weight is 375 g/mol. The van der Waals surface area contributed by atoms with Gasteiger partial charge in [0.15, 0.2) is 5.13 Å². The second-order valence-electron chi connectivity index (χ2n) is 5.48. The molecule has 0 fully saturated rings. The number of hydrogen-bond acceptors (Lipinski definition) is 3. The highest BCUT2D eigenvalue weighted by Gasteiger charge is 2.14. The fourth-order valence-electron chi connectivity index (χ4n) is 2.41. The van der Waals surface area contributed by atoms with Gasteiger partial charge in [-0.25, -0.2) is 4.98 Å². The van der Waals surface area contributed by atoms with Gasteiger partial charge in [0.25, 0.3) is 5.91 Å². The Morgan fingerprint density at radius 1 is 1.20 bits per heavy atom. The normalized spacial score (nSPS) is 11.6. The van der Waals surface area contributed by atoms with Gasteiger partial charge in [0, 0.05) is 10.6 Å². The van der Waals surface area contributed by atoms with Crippen molar-refractivity contribution in [3.63, 3.8) is 0 Å². The van der Waals surface area contributed by atoms with Crippen molar-refractivity contribution in [2.45, 2.75) is 40.0 Å². The van der Waals surface area contributed by atoms with Crippen LogP contribution < -0.4 is 5.32 Å². The fourth-order valence-corrected chi connectivity index (χ4v) is 3.43. The van der Waals surface area contributed by atoms with Gasteiger partial charge in [0.05, 0.1) is 10.2 Å². The van der Waals surface area contributed by atoms with Crippen LogP contribution >= 0.6 is 22.9 Å². The lowest BCUT2D eigenvalue weighted by Crippen LogP contribution is -2.11. The van der Waals surface area contributed by atoms with Crippen LogP contribution in [0, 0.1) is 0 Å². The summed E-state index contributed by atoms with van der Waals surface area (Å²) in [6.07, 6.45) is 1.06. The van der Waals surface area contributed by atoms with Crippen molar-refractivity contribution in [3.05, 3.63) is 58.6 Å². The van der Waals surface area contributed by atoms with Gasteiger partial charge in [-0.3, -0.25) is 10.1 Å². The summed E-state index contributed by atoms with van der Waals surface area (Å²) in [6.45, 7) is 8.36. The molecule has 25 heavy (non-hydrogen) atoms. The summed E-state index contributed by atoms with van der Waals surface area (Å²) in [6, 6.07) is 13.0. The first-order chi connectivity index (χ1) is 12.1. The zero-order valence-corrected chi connectivity index (χ0v) is 16.5. The smallest absolute Gasteiger partial charge is 0.257 e. The summed E-state index contributed by atoms with van der Waals surface area (Å²) >= 11 is 7.35. The van der Waals surface area contributed by atoms with E-state index in [1.807, 2.05) is 26.0 Å². The van der Waals surface area contributed by atoms with Crippen LogP contribution in [0.3, 0.4) is 0 Å². The van der Waals surface area contributed by atoms with Crippen molar-refractivity contribution < 1.29 is 4.79 Å². The van der Waals surface area contributed by atoms with E-state index < -0.39 is 0 Å². The molecule has 132 valence electrons. The number of aromatic nitrogens is 1. The molecule has 5 heteroatoms. The van der Waals surface area contributed by atoms with E-state index in [1.54, 1.807) is 24.3 Å². The first-order valence-corrected chi connectivity index (χ1v) is 9.74. The molecule has 1 amide bonds. The zero-order valence-electron chi connectivity index (χ0n) is 15.0. The fraction of sp³-hybridized carbons (Fsp3) is 0.300. The van der Waals surface area contributed by atoms with Crippen LogP contribution in [0.4, 0.5) is 5.13 Å². The number of fused-ring (bicyclic) bond motifs is 1. The zero-order chi connectivity index (χ0) is 18.4. The monoisotopic (exact) mass is 374 g/mol. The Balaban J connectivity index is 0.00000109. The van der Waals surface area contributed by atoms with Crippen molar-refractivity contribution >= 4 is 44.2 Å². The summed E-state index contributed by atoms with van der Waals surface area (Å²) in [4.78, 5) is 16.9. The van der Waals surface area contributed by atoms with Crippen LogP contribution in [0.15, 0.2) is 42.5 Å². The molecule has 3 nitrogen and oxygen atoms in total. The molecule has 0 aliphatic rings. The number of benzene rings is 2. The lowest BCUT2D eigenvalue weighted by atomic mass is 9.98. The number of anilines is 1. The molecule has 2 aromatic carbocycles. The van der Waals surface area contributed by atoms with Gasteiger partial charge < -0.3 is 0 Å². The minimum atomic E-state index is -0.175. The van der Waals surface area contributed by atoms with Crippen LogP contribution in [0.5, 0.6) is 0 Å². The van der Waals surface area contributed by atoms with E-state index in [4.69, 9.17) is 11.6 Å². The number of para-hydroxylation sites is 1. The number of hydrogen-bond donors (Lipinski definition) is 1. The summed E-state index contributed by atoms with van der Waals surface area (Å²) in [7, 11) is 0. The molecule has 1 atom stereocenters. The van der Waals surface area contributed by atoms with E-state index in [0.717, 1.165) is 16.6 Å². The highest BCUT2D eigenvalue weighted by atomic mass is 35.5. The van der Waals surface area contributed by atoms with Gasteiger partial charge in [0.2, 0.25) is 0 Å². The molecule has 1 N–H and O–H groups in total. The Hall–Kier alpha value is -1.91. The van der Waals surface area contributed by atoms with Gasteiger partial charge in [-0.1, -0.05) is 62.8 Å². The van der Waals surface area contributed by atoms with Crippen molar-refractivity contribution in [2.24, 2.45) is 0 Å². The maximum atomic E-state index is 12.3. The maximum absolute atomic E-state index is 12.3. The lowest BCUT2D eigenvalue weighted by molar-refractivity contribution is 0.102. The number of halogens is 1. The summed E-state index contributed by atoms with van der Waals surface area (Å²) in [5.74, 6) is 0.270. The second-order valence-corrected chi connectivity index (χ2v) is 6.95. The number of thiazole rings is 1. The van der Waals surface area contributed by atoms with Crippen LogP contribution in [0.1, 0.15) is 56.0 Å². The molecule has 0 aliphatic heterocycles. The lowest BCUT2D eigenvalue weighted by Gasteiger charge is -2.08. The number of amides is 1. The van der Waals surface area contributed by atoms with Crippen molar-refractivity contribution in [1.29, 1.82) is 0 Å². The van der Waals surface area contributed by atoms with E-state index in [-0.39, 0.29) is 5.91 Å². The number of nitrogens with one attached hydrogen (secondary N) is 1. The Labute approximate surface area is 158 Å². The quantitative estimate of drug-likeness (QED) is 0.549. The SMILES string of the molecule is CC.CCC(C)c1cccc2sc(NC(=O)c3ccc(Cl)cc3)nc12. The van der Waals surface area contributed by atoms with Gasteiger partial charge in [0.1, 0.15) is 0 Å². The van der Waals surface area contributed by atoms with E-state index in [9.17, 15) is 4.79 Å². The average Bonchev–Trinajstić information content (AvgIpc) is 3.05. The summed E-state index contributed by atoms with van der Waals surface area (Å²) < 4.78 is 1.09. The number of carbonyl (C=O) groups is 1. The number of rotatable bonds is 4. The largest absolute Gasteiger partial charge is 0.298 e. The van der Waals surface area contributed by atoms with Gasteiger partial charge in [-0.05, 0) is 48.2 Å². The summed E-state index contributed by atoms with van der Waals surface area (Å²) in [5.41, 5.74) is 2.78. The van der Waals surface area contributed by atoms with Gasteiger partial charge >= 0.3 is 0 Å². The van der Waals surface area contributed by atoms with Crippen LogP contribution in [0.25, 0.3) is 10.2 Å². The highest BCUT2D eigenvalue weighted by molar-refractivity contribution is 7.22. The molecular formula is C20H23ClN2OS. The maximum Gasteiger partial charge on any atom is 0.257 e. The first kappa shape index (κ1) is 19.4. The summed E-state index contributed by atoms with van der Waals surface area (Å²) in [5, 5.41) is 4.11. The molecule has 0 radical (unpaired) electrons. The molecule has 3 rings (SSSR count). The number of nitrogens with zero attached hydrogens (tertiary/aromatic N) is 1. The van der Waals surface area contributed by atoms with Crippen LogP contribution in [-0.4, -0.2) is 10.9 Å². The van der Waals surface area contributed by atoms with Crippen molar-refractivity contribution in [1.82, 2.24) is 4.98 Å². The molecule has 0 spiro atoms. The third-order valence-electron chi connectivity index (χ3n) is 3.92. The Morgan fingerprint density at radius 3 is 2.52 bits per heavy atom. The molecule has 1 heterocycles. The Morgan fingerprint density at radius 2 is 1.88 bits per heavy atom. The molecule has 1 unspecified atom stereocenters. The Bertz CT molecular complexity index is 843. The molecule has 3 aromatic rings. The van der Waals surface area contributed by atoms with Gasteiger partial charge in [-0.15, -0.1) is 0 Å².